The summed E-state index contributed by atoms with van der Waals surface area (Å²) in [5.41, 5.74) is 0.821. The summed E-state index contributed by atoms with van der Waals surface area (Å²) in [4.78, 5) is 15.4. The third-order valence-electron chi connectivity index (χ3n) is 8.60. The molecule has 0 radical (unpaired) electrons. The Morgan fingerprint density at radius 2 is 1.81 bits per heavy atom. The number of sulfonamides is 1. The van der Waals surface area contributed by atoms with Crippen molar-refractivity contribution in [2.75, 3.05) is 60.3 Å². The Labute approximate surface area is 283 Å². The summed E-state index contributed by atoms with van der Waals surface area (Å²) in [6.07, 6.45) is 0.0449. The van der Waals surface area contributed by atoms with Crippen molar-refractivity contribution in [3.8, 4) is 17.2 Å². The van der Waals surface area contributed by atoms with E-state index in [9.17, 15) is 18.3 Å². The number of rotatable bonds is 17. The largest absolute Gasteiger partial charge is 0.494 e. The van der Waals surface area contributed by atoms with E-state index in [1.54, 1.807) is 6.07 Å². The first-order valence-corrected chi connectivity index (χ1v) is 18.1. The number of aliphatic hydroxyl groups excluding tert-OH is 1. The molecule has 0 spiro atoms. The first-order chi connectivity index (χ1) is 23.0. The highest BCUT2D eigenvalue weighted by atomic mass is 32.2. The van der Waals surface area contributed by atoms with Gasteiger partial charge in [-0.15, -0.1) is 0 Å². The summed E-state index contributed by atoms with van der Waals surface area (Å²) in [6, 6.07) is 11.0. The van der Waals surface area contributed by atoms with Gasteiger partial charge < -0.3 is 43.7 Å². The number of carbonyl (C=O) groups is 1. The molecule has 0 saturated carbocycles. The lowest BCUT2D eigenvalue weighted by atomic mass is 10.0. The Morgan fingerprint density at radius 3 is 2.56 bits per heavy atom. The molecule has 2 aromatic rings. The average molecular weight is 692 g/mol. The van der Waals surface area contributed by atoms with Crippen molar-refractivity contribution in [3.63, 3.8) is 0 Å². The fourth-order valence-corrected chi connectivity index (χ4v) is 7.69. The standard InChI is InChI=1S/C34H49N3O10S/c1-23(2)19-37(48(40,41)26-11-12-30-31(18-26)46-22-45-30)20-29(38)28(35-34(39)47-32-21-44-33-27(32)13-16-43-33)17-24-7-9-25(10-8-24)42-15-6-5-14-36(3)4/h7-12,18,23,27-29,32-33,38H,5-6,13-17,19-22H2,1-4H3,(H,35,39). The smallest absolute Gasteiger partial charge is 0.407 e. The second-order valence-electron chi connectivity index (χ2n) is 13.2. The predicted molar refractivity (Wildman–Crippen MR) is 177 cm³/mol. The minimum atomic E-state index is -4.06. The first-order valence-electron chi connectivity index (χ1n) is 16.6. The molecule has 48 heavy (non-hydrogen) atoms. The van der Waals surface area contributed by atoms with Crippen molar-refractivity contribution in [1.82, 2.24) is 14.5 Å². The van der Waals surface area contributed by atoms with Crippen LogP contribution in [0.25, 0.3) is 0 Å². The molecule has 0 bridgehead atoms. The number of unbranched alkanes of at least 4 members (excludes halogenated alkanes) is 1. The Hall–Kier alpha value is -3.14. The van der Waals surface area contributed by atoms with E-state index < -0.39 is 34.4 Å². The number of nitrogens with one attached hydrogen (secondary N) is 1. The summed E-state index contributed by atoms with van der Waals surface area (Å²) < 4.78 is 62.6. The quantitative estimate of drug-likeness (QED) is 0.236. The Bertz CT molecular complexity index is 1460. The van der Waals surface area contributed by atoms with Crippen LogP contribution in [0.15, 0.2) is 47.4 Å². The zero-order valence-electron chi connectivity index (χ0n) is 28.2. The van der Waals surface area contributed by atoms with Gasteiger partial charge >= 0.3 is 6.09 Å². The van der Waals surface area contributed by atoms with E-state index in [1.165, 1.54) is 16.4 Å². The van der Waals surface area contributed by atoms with Crippen LogP contribution in [0, 0.1) is 11.8 Å². The number of aliphatic hydroxyl groups is 1. The van der Waals surface area contributed by atoms with Gasteiger partial charge in [0.05, 0.1) is 42.8 Å². The van der Waals surface area contributed by atoms with Crippen molar-refractivity contribution < 1.29 is 46.7 Å². The second-order valence-corrected chi connectivity index (χ2v) is 15.2. The second kappa shape index (κ2) is 16.5. The van der Waals surface area contributed by atoms with Crippen LogP contribution in [-0.4, -0.2) is 114 Å². The monoisotopic (exact) mass is 691 g/mol. The summed E-state index contributed by atoms with van der Waals surface area (Å²) in [5, 5.41) is 14.5. The van der Waals surface area contributed by atoms with E-state index >= 15 is 0 Å². The fraction of sp³-hybridized carbons (Fsp3) is 0.618. The van der Waals surface area contributed by atoms with Gasteiger partial charge in [0.2, 0.25) is 16.8 Å². The molecule has 14 heteroatoms. The van der Waals surface area contributed by atoms with Crippen LogP contribution in [0.1, 0.15) is 38.7 Å². The van der Waals surface area contributed by atoms with Gasteiger partial charge in [-0.1, -0.05) is 26.0 Å². The summed E-state index contributed by atoms with van der Waals surface area (Å²) in [7, 11) is 0.0308. The number of ether oxygens (including phenoxy) is 6. The maximum Gasteiger partial charge on any atom is 0.407 e. The molecule has 2 saturated heterocycles. The molecule has 266 valence electrons. The third-order valence-corrected chi connectivity index (χ3v) is 10.4. The third kappa shape index (κ3) is 9.51. The van der Waals surface area contributed by atoms with Crippen molar-refractivity contribution in [2.45, 2.75) is 69.0 Å². The molecule has 5 unspecified atom stereocenters. The van der Waals surface area contributed by atoms with E-state index in [0.717, 1.165) is 37.1 Å². The molecule has 5 rings (SSSR count). The predicted octanol–water partition coefficient (Wildman–Crippen LogP) is 3.24. The Morgan fingerprint density at radius 1 is 1.04 bits per heavy atom. The number of fused-ring (bicyclic) bond motifs is 2. The molecule has 1 amide bonds. The highest BCUT2D eigenvalue weighted by molar-refractivity contribution is 7.89. The van der Waals surface area contributed by atoms with Gasteiger partial charge in [-0.3, -0.25) is 0 Å². The molecular formula is C34H49N3O10S. The van der Waals surface area contributed by atoms with E-state index in [2.05, 4.69) is 10.2 Å². The lowest BCUT2D eigenvalue weighted by molar-refractivity contribution is -0.0907. The summed E-state index contributed by atoms with van der Waals surface area (Å²) in [6.45, 7) is 6.06. The van der Waals surface area contributed by atoms with Gasteiger partial charge in [0.25, 0.3) is 0 Å². The van der Waals surface area contributed by atoms with Gasteiger partial charge in [-0.25, -0.2) is 13.2 Å². The van der Waals surface area contributed by atoms with Crippen molar-refractivity contribution in [3.05, 3.63) is 48.0 Å². The average Bonchev–Trinajstić information content (AvgIpc) is 3.79. The van der Waals surface area contributed by atoms with Gasteiger partial charge in [0.15, 0.2) is 17.8 Å². The van der Waals surface area contributed by atoms with Crippen molar-refractivity contribution in [2.24, 2.45) is 11.8 Å². The zero-order chi connectivity index (χ0) is 34.3. The van der Waals surface area contributed by atoms with Crippen LogP contribution in [0.3, 0.4) is 0 Å². The summed E-state index contributed by atoms with van der Waals surface area (Å²) >= 11 is 0. The van der Waals surface area contributed by atoms with Gasteiger partial charge in [0.1, 0.15) is 11.9 Å². The minimum absolute atomic E-state index is 0.0159. The fourth-order valence-electron chi connectivity index (χ4n) is 6.05. The van der Waals surface area contributed by atoms with Gasteiger partial charge in [-0.2, -0.15) is 4.31 Å². The van der Waals surface area contributed by atoms with E-state index in [0.29, 0.717) is 24.7 Å². The molecule has 0 aliphatic carbocycles. The molecule has 3 heterocycles. The van der Waals surface area contributed by atoms with Crippen LogP contribution >= 0.6 is 0 Å². The Balaban J connectivity index is 1.29. The normalized spacial score (nSPS) is 21.5. The summed E-state index contributed by atoms with van der Waals surface area (Å²) in [5.74, 6) is 1.44. The number of amides is 1. The van der Waals surface area contributed by atoms with Crippen LogP contribution in [0.4, 0.5) is 4.79 Å². The van der Waals surface area contributed by atoms with Gasteiger partial charge in [0, 0.05) is 19.2 Å². The topological polar surface area (TPSA) is 145 Å². The highest BCUT2D eigenvalue weighted by Crippen LogP contribution is 2.35. The molecule has 5 atom stereocenters. The van der Waals surface area contributed by atoms with Crippen LogP contribution in [-0.2, 0) is 30.7 Å². The number of benzene rings is 2. The number of hydrogen-bond acceptors (Lipinski definition) is 11. The molecule has 3 aliphatic heterocycles. The first kappa shape index (κ1) is 36.1. The molecule has 13 nitrogen and oxygen atoms in total. The van der Waals surface area contributed by atoms with Gasteiger partial charge in [-0.05, 0) is 82.1 Å². The molecular weight excluding hydrogens is 642 g/mol. The molecule has 2 fully saturated rings. The van der Waals surface area contributed by atoms with Crippen LogP contribution in [0.2, 0.25) is 0 Å². The molecule has 0 aromatic heterocycles. The van der Waals surface area contributed by atoms with Crippen LogP contribution in [0.5, 0.6) is 17.2 Å². The number of alkyl carbamates (subject to hydrolysis) is 1. The Kier molecular flexibility index (Phi) is 12.4. The maximum absolute atomic E-state index is 13.9. The maximum atomic E-state index is 13.9. The lowest BCUT2D eigenvalue weighted by Crippen LogP contribution is -2.51. The zero-order valence-corrected chi connectivity index (χ0v) is 29.0. The van der Waals surface area contributed by atoms with E-state index in [1.807, 2.05) is 52.2 Å². The van der Waals surface area contributed by atoms with Crippen molar-refractivity contribution >= 4 is 16.1 Å². The lowest BCUT2D eigenvalue weighted by Gasteiger charge is -2.31. The molecule has 2 N–H and O–H groups in total. The number of carbonyl (C=O) groups excluding carboxylic acids is 1. The highest BCUT2D eigenvalue weighted by Gasteiger charge is 2.44. The molecule has 3 aliphatic rings. The number of nitrogens with zero attached hydrogens (tertiary/aromatic N) is 2. The van der Waals surface area contributed by atoms with E-state index in [4.69, 9.17) is 28.4 Å². The molecule has 2 aromatic carbocycles. The van der Waals surface area contributed by atoms with Crippen LogP contribution < -0.4 is 19.5 Å². The van der Waals surface area contributed by atoms with Crippen molar-refractivity contribution in [1.29, 1.82) is 0 Å². The minimum Gasteiger partial charge on any atom is -0.494 e. The SMILES string of the molecule is CC(C)CN(CC(O)C(Cc1ccc(OCCCCN(C)C)cc1)NC(=O)OC1COC2OCCC12)S(=O)(=O)c1ccc2c(c1)OCO2. The number of hydrogen-bond donors (Lipinski definition) is 2. The van der Waals surface area contributed by atoms with E-state index in [-0.39, 0.29) is 55.9 Å².